The molecule has 1 aromatic heterocycles. The van der Waals surface area contributed by atoms with E-state index in [-0.39, 0.29) is 5.82 Å². The van der Waals surface area contributed by atoms with Crippen LogP contribution in [0.3, 0.4) is 0 Å². The van der Waals surface area contributed by atoms with E-state index >= 15 is 0 Å². The molecule has 4 rings (SSSR count). The number of aliphatic hydroxyl groups excluding tert-OH is 1. The van der Waals surface area contributed by atoms with Crippen molar-refractivity contribution in [2.75, 3.05) is 50.8 Å². The van der Waals surface area contributed by atoms with E-state index < -0.39 is 6.10 Å². The lowest BCUT2D eigenvalue weighted by Crippen LogP contribution is -2.49. The fraction of sp³-hybridized carbons (Fsp3) is 0.379. The number of β-amino-alcohol motifs (C(OH)–C–C–N with tert-alkyl or cyclic N) is 1. The summed E-state index contributed by atoms with van der Waals surface area (Å²) in [6.07, 6.45) is 2.32. The summed E-state index contributed by atoms with van der Waals surface area (Å²) in [5.41, 5.74) is 3.53. The van der Waals surface area contributed by atoms with Crippen molar-refractivity contribution in [3.05, 3.63) is 89.9 Å². The molecule has 7 heteroatoms. The van der Waals surface area contributed by atoms with Gasteiger partial charge in [0.1, 0.15) is 11.6 Å². The molecule has 1 aliphatic heterocycles. The van der Waals surface area contributed by atoms with Gasteiger partial charge in [0.2, 0.25) is 0 Å². The van der Waals surface area contributed by atoms with Crippen LogP contribution in [-0.4, -0.2) is 72.0 Å². The van der Waals surface area contributed by atoms with Gasteiger partial charge in [-0.2, -0.15) is 0 Å². The molecule has 36 heavy (non-hydrogen) atoms. The number of aliphatic hydroxyl groups is 1. The van der Waals surface area contributed by atoms with Crippen LogP contribution in [0, 0.1) is 5.82 Å². The van der Waals surface area contributed by atoms with E-state index in [0.717, 1.165) is 55.2 Å². The average Bonchev–Trinajstić information content (AvgIpc) is 2.91. The second kappa shape index (κ2) is 12.7. The molecule has 0 unspecified atom stereocenters. The lowest BCUT2D eigenvalue weighted by Gasteiger charge is -2.37. The van der Waals surface area contributed by atoms with Gasteiger partial charge in [-0.25, -0.2) is 14.4 Å². The van der Waals surface area contributed by atoms with Crippen molar-refractivity contribution in [3.8, 4) is 11.4 Å². The highest BCUT2D eigenvalue weighted by molar-refractivity contribution is 5.61. The molecule has 190 valence electrons. The largest absolute Gasteiger partial charge is 0.389 e. The lowest BCUT2D eigenvalue weighted by atomic mass is 10.0. The topological polar surface area (TPSA) is 61.7 Å². The molecule has 0 aliphatic carbocycles. The molecule has 0 saturated carbocycles. The van der Waals surface area contributed by atoms with E-state index in [9.17, 15) is 9.50 Å². The minimum Gasteiger partial charge on any atom is -0.389 e. The molecule has 2 heterocycles. The smallest absolute Gasteiger partial charge is 0.161 e. The Morgan fingerprint density at radius 2 is 1.78 bits per heavy atom. The molecule has 3 aromatic rings. The first-order valence-corrected chi connectivity index (χ1v) is 12.6. The second-order valence-electron chi connectivity index (χ2n) is 9.05. The highest BCUT2D eigenvalue weighted by Gasteiger charge is 2.25. The number of hydrogen-bond acceptors (Lipinski definition) is 6. The number of piperazine rings is 1. The van der Waals surface area contributed by atoms with Crippen molar-refractivity contribution in [1.29, 1.82) is 0 Å². The molecule has 1 fully saturated rings. The number of hydrogen-bond donors (Lipinski definition) is 1. The summed E-state index contributed by atoms with van der Waals surface area (Å²) in [7, 11) is 0. The highest BCUT2D eigenvalue weighted by Crippen LogP contribution is 2.29. The zero-order valence-corrected chi connectivity index (χ0v) is 20.9. The number of halogens is 1. The van der Waals surface area contributed by atoms with Crippen LogP contribution in [0.5, 0.6) is 0 Å². The molecular formula is C29H35FN4O2. The van der Waals surface area contributed by atoms with Gasteiger partial charge in [0.15, 0.2) is 5.82 Å². The summed E-state index contributed by atoms with van der Waals surface area (Å²) in [5.74, 6) is 1.35. The van der Waals surface area contributed by atoms with Crippen molar-refractivity contribution in [2.45, 2.75) is 25.9 Å². The summed E-state index contributed by atoms with van der Waals surface area (Å²) in [6.45, 7) is 10.1. The van der Waals surface area contributed by atoms with Gasteiger partial charge in [0, 0.05) is 56.0 Å². The van der Waals surface area contributed by atoms with Crippen molar-refractivity contribution < 1.29 is 14.2 Å². The third-order valence-corrected chi connectivity index (χ3v) is 6.45. The van der Waals surface area contributed by atoms with Gasteiger partial charge in [-0.3, -0.25) is 4.90 Å². The molecule has 1 aliphatic rings. The van der Waals surface area contributed by atoms with E-state index in [1.165, 1.54) is 6.07 Å². The first-order valence-electron chi connectivity index (χ1n) is 12.6. The van der Waals surface area contributed by atoms with Crippen LogP contribution in [0.4, 0.5) is 10.2 Å². The summed E-state index contributed by atoms with van der Waals surface area (Å²) in [4.78, 5) is 14.5. The average molecular weight is 491 g/mol. The predicted molar refractivity (Wildman–Crippen MR) is 142 cm³/mol. The summed E-state index contributed by atoms with van der Waals surface area (Å²) < 4.78 is 20.0. The Balaban J connectivity index is 1.59. The fourth-order valence-corrected chi connectivity index (χ4v) is 4.58. The third kappa shape index (κ3) is 6.55. The minimum absolute atomic E-state index is 0.213. The second-order valence-corrected chi connectivity index (χ2v) is 9.05. The fourth-order valence-electron chi connectivity index (χ4n) is 4.58. The Hall–Kier alpha value is -3.13. The maximum atomic E-state index is 14.6. The number of aryl methyl sites for hydroxylation is 1. The van der Waals surface area contributed by atoms with Crippen LogP contribution in [0.2, 0.25) is 0 Å². The van der Waals surface area contributed by atoms with Gasteiger partial charge in [-0.1, -0.05) is 61.5 Å². The van der Waals surface area contributed by atoms with E-state index in [2.05, 4.69) is 23.3 Å². The number of nitrogens with zero attached hydrogens (tertiary/aromatic N) is 4. The van der Waals surface area contributed by atoms with E-state index in [1.54, 1.807) is 12.1 Å². The Morgan fingerprint density at radius 1 is 1.06 bits per heavy atom. The SMILES string of the molecule is C=CCOC[C@H](O)CN1CCN(c2nc(-c3ccccc3)nc(CC)c2Cc2ccccc2F)CC1. The highest BCUT2D eigenvalue weighted by atomic mass is 19.1. The number of anilines is 1. The van der Waals surface area contributed by atoms with Crippen LogP contribution in [-0.2, 0) is 17.6 Å². The molecule has 0 bridgehead atoms. The van der Waals surface area contributed by atoms with Gasteiger partial charge in [-0.15, -0.1) is 6.58 Å². The normalized spacial score (nSPS) is 15.1. The molecule has 1 atom stereocenters. The standard InChI is InChI=1S/C29H35FN4O2/c1-3-18-36-21-24(35)20-33-14-16-34(17-15-33)29-25(19-23-12-8-9-13-26(23)30)27(4-2)31-28(32-29)22-10-6-5-7-11-22/h3,5-13,24,35H,1,4,14-21H2,2H3/t24-/m1/s1. The Morgan fingerprint density at radius 3 is 2.47 bits per heavy atom. The molecule has 1 saturated heterocycles. The summed E-state index contributed by atoms with van der Waals surface area (Å²) in [6, 6.07) is 16.9. The lowest BCUT2D eigenvalue weighted by molar-refractivity contribution is 0.0252. The molecule has 0 spiro atoms. The van der Waals surface area contributed by atoms with Crippen LogP contribution in [0.25, 0.3) is 11.4 Å². The Kier molecular flexibility index (Phi) is 9.17. The van der Waals surface area contributed by atoms with E-state index in [4.69, 9.17) is 14.7 Å². The zero-order chi connectivity index (χ0) is 25.3. The van der Waals surface area contributed by atoms with Crippen molar-refractivity contribution >= 4 is 5.82 Å². The van der Waals surface area contributed by atoms with Gasteiger partial charge in [0.25, 0.3) is 0 Å². The van der Waals surface area contributed by atoms with Gasteiger partial charge < -0.3 is 14.7 Å². The molecule has 0 radical (unpaired) electrons. The predicted octanol–water partition coefficient (Wildman–Crippen LogP) is 4.12. The minimum atomic E-state index is -0.538. The number of ether oxygens (including phenoxy) is 1. The monoisotopic (exact) mass is 490 g/mol. The summed E-state index contributed by atoms with van der Waals surface area (Å²) >= 11 is 0. The van der Waals surface area contributed by atoms with E-state index in [1.807, 2.05) is 42.5 Å². The van der Waals surface area contributed by atoms with Crippen LogP contribution >= 0.6 is 0 Å². The van der Waals surface area contributed by atoms with Crippen molar-refractivity contribution in [3.63, 3.8) is 0 Å². The van der Waals surface area contributed by atoms with E-state index in [0.29, 0.717) is 37.6 Å². The van der Waals surface area contributed by atoms with Crippen LogP contribution in [0.1, 0.15) is 23.7 Å². The first kappa shape index (κ1) is 25.9. The Labute approximate surface area is 213 Å². The molecule has 0 amide bonds. The zero-order valence-electron chi connectivity index (χ0n) is 20.9. The third-order valence-electron chi connectivity index (χ3n) is 6.45. The number of aromatic nitrogens is 2. The quantitative estimate of drug-likeness (QED) is 0.322. The van der Waals surface area contributed by atoms with Gasteiger partial charge >= 0.3 is 0 Å². The number of benzene rings is 2. The number of rotatable bonds is 11. The maximum Gasteiger partial charge on any atom is 0.161 e. The molecule has 2 aromatic carbocycles. The molecule has 6 nitrogen and oxygen atoms in total. The first-order chi connectivity index (χ1) is 17.6. The van der Waals surface area contributed by atoms with Gasteiger partial charge in [-0.05, 0) is 18.1 Å². The van der Waals surface area contributed by atoms with Crippen LogP contribution in [0.15, 0.2) is 67.3 Å². The van der Waals surface area contributed by atoms with Crippen molar-refractivity contribution in [1.82, 2.24) is 14.9 Å². The summed E-state index contributed by atoms with van der Waals surface area (Å²) in [5, 5.41) is 10.3. The molecule has 1 N–H and O–H groups in total. The Bertz CT molecular complexity index is 1130. The van der Waals surface area contributed by atoms with Crippen LogP contribution < -0.4 is 4.90 Å². The van der Waals surface area contributed by atoms with Crippen molar-refractivity contribution in [2.24, 2.45) is 0 Å². The van der Waals surface area contributed by atoms with Gasteiger partial charge in [0.05, 0.1) is 19.3 Å². The maximum absolute atomic E-state index is 14.6. The molecular weight excluding hydrogens is 455 g/mol.